The summed E-state index contributed by atoms with van der Waals surface area (Å²) in [7, 11) is 0. The van der Waals surface area contributed by atoms with E-state index in [0.717, 1.165) is 0 Å². The fourth-order valence-electron chi connectivity index (χ4n) is 13.4. The Morgan fingerprint density at radius 3 is 0.906 bits per heavy atom. The Morgan fingerprint density at radius 1 is 0.344 bits per heavy atom. The average molecular weight is 1390 g/mol. The van der Waals surface area contributed by atoms with Gasteiger partial charge in [-0.3, -0.25) is 0 Å². The third-order valence-electron chi connectivity index (χ3n) is 19.2. The number of hydrogen-bond donors (Lipinski definition) is 24. The first kappa shape index (κ1) is 77.0. The normalized spacial score (nSPS) is 48.6. The van der Waals surface area contributed by atoms with E-state index in [4.69, 9.17) is 126 Å². The fraction of sp³-hybridized carbons (Fsp3) is 0.926. The van der Waals surface area contributed by atoms with Gasteiger partial charge >= 0.3 is 0 Å². The van der Waals surface area contributed by atoms with Crippen molar-refractivity contribution in [2.45, 2.75) is 285 Å². The average Bonchev–Trinajstić information content (AvgIpc) is 1.07. The van der Waals surface area contributed by atoms with Gasteiger partial charge in [-0.2, -0.15) is 0 Å². The quantitative estimate of drug-likeness (QED) is 0.0464. The van der Waals surface area contributed by atoms with Crippen LogP contribution in [0.5, 0.6) is 0 Å². The van der Waals surface area contributed by atoms with Crippen LogP contribution in [0.1, 0.15) is 38.1 Å². The summed E-state index contributed by atoms with van der Waals surface area (Å²) in [4.78, 5) is 0. The van der Waals surface area contributed by atoms with Crippen LogP contribution < -0.4 is 68.8 Å². The lowest BCUT2D eigenvalue weighted by Crippen LogP contribution is -2.68. The first-order valence-corrected chi connectivity index (χ1v) is 31.8. The molecule has 2 aromatic rings. The summed E-state index contributed by atoms with van der Waals surface area (Å²) in [5, 5.41) is 150. The second kappa shape index (κ2) is 32.9. The van der Waals surface area contributed by atoms with Gasteiger partial charge in [0.05, 0.1) is 60.9 Å². The van der Waals surface area contributed by atoms with Crippen LogP contribution in [0.4, 0.5) is 0 Å². The summed E-state index contributed by atoms with van der Waals surface area (Å²) in [5.41, 5.74) is 75.1. The van der Waals surface area contributed by atoms with Gasteiger partial charge in [0, 0.05) is 62.7 Å². The van der Waals surface area contributed by atoms with Gasteiger partial charge in [-0.15, -0.1) is 10.2 Å². The number of ether oxygens (including phenoxy) is 12. The van der Waals surface area contributed by atoms with Gasteiger partial charge in [-0.25, -0.2) is 9.36 Å². The van der Waals surface area contributed by atoms with Gasteiger partial charge in [0.25, 0.3) is 0 Å². The molecule has 2 saturated carbocycles. The monoisotopic (exact) mass is 1390 g/mol. The van der Waals surface area contributed by atoms with Crippen LogP contribution >= 0.6 is 0 Å². The van der Waals surface area contributed by atoms with E-state index in [0.29, 0.717) is 30.7 Å². The third-order valence-corrected chi connectivity index (χ3v) is 19.2. The number of aliphatic hydroxyl groups excluding tert-OH is 12. The second-order valence-electron chi connectivity index (χ2n) is 25.8. The largest absolute Gasteiger partial charge is 0.389 e. The molecule has 8 heterocycles. The molecule has 10 rings (SSSR count). The first-order chi connectivity index (χ1) is 45.2. The molecule has 42 nitrogen and oxygen atoms in total. The minimum Gasteiger partial charge on any atom is -0.389 e. The molecular weight excluding hydrogens is 1280 g/mol. The van der Waals surface area contributed by atoms with Crippen LogP contribution in [0.15, 0.2) is 12.4 Å². The van der Waals surface area contributed by atoms with Crippen LogP contribution in [0.25, 0.3) is 0 Å². The molecule has 20 unspecified atom stereocenters. The Labute approximate surface area is 550 Å². The molecule has 38 atom stereocenters. The van der Waals surface area contributed by atoms with Crippen molar-refractivity contribution in [3.63, 3.8) is 0 Å². The predicted octanol–water partition coefficient (Wildman–Crippen LogP) is -16.1. The molecule has 0 aromatic carbocycles. The van der Waals surface area contributed by atoms with Crippen molar-refractivity contribution in [3.8, 4) is 0 Å². The van der Waals surface area contributed by atoms with Crippen molar-refractivity contribution >= 4 is 0 Å². The van der Waals surface area contributed by atoms with Gasteiger partial charge in [0.15, 0.2) is 37.7 Å². The van der Waals surface area contributed by atoms with Gasteiger partial charge in [-0.05, 0) is 32.1 Å². The van der Waals surface area contributed by atoms with Gasteiger partial charge in [-0.1, -0.05) is 17.9 Å². The van der Waals surface area contributed by atoms with Gasteiger partial charge < -0.3 is 187 Å². The minimum absolute atomic E-state index is 0. The minimum atomic E-state index is -1.72. The van der Waals surface area contributed by atoms with Crippen LogP contribution in [0.3, 0.4) is 0 Å². The molecule has 0 amide bonds. The Bertz CT molecular complexity index is 2540. The molecule has 0 bridgehead atoms. The molecule has 552 valence electrons. The third kappa shape index (κ3) is 16.2. The van der Waals surface area contributed by atoms with Crippen LogP contribution in [-0.4, -0.2) is 350 Å². The van der Waals surface area contributed by atoms with Crippen LogP contribution in [-0.2, 0) is 82.8 Å². The number of nitrogens with two attached hydrogens (primary N) is 12. The lowest BCUT2D eigenvalue weighted by molar-refractivity contribution is -0.306. The molecule has 8 aliphatic rings. The maximum Gasteiger partial charge on any atom is 0.187 e. The fourth-order valence-corrected chi connectivity index (χ4v) is 13.4. The van der Waals surface area contributed by atoms with E-state index in [1.165, 1.54) is 9.36 Å². The Kier molecular flexibility index (Phi) is 26.4. The Morgan fingerprint density at radius 2 is 0.615 bits per heavy atom. The second-order valence-corrected chi connectivity index (χ2v) is 25.8. The van der Waals surface area contributed by atoms with Crippen molar-refractivity contribution in [2.75, 3.05) is 26.2 Å². The smallest absolute Gasteiger partial charge is 0.187 e. The zero-order valence-electron chi connectivity index (χ0n) is 51.7. The molecule has 0 spiro atoms. The molecule has 96 heavy (non-hydrogen) atoms. The summed E-state index contributed by atoms with van der Waals surface area (Å²) in [6.07, 6.45) is -38.3. The number of hydrogen-bond acceptors (Lipinski definition) is 40. The first-order valence-electron chi connectivity index (χ1n) is 31.8. The molecule has 0 radical (unpaired) electrons. The highest BCUT2D eigenvalue weighted by molar-refractivity contribution is 5.06. The molecule has 6 saturated heterocycles. The summed E-state index contributed by atoms with van der Waals surface area (Å²) in [5.74, 6) is 0. The summed E-state index contributed by atoms with van der Waals surface area (Å²) < 4.78 is 76.4. The van der Waals surface area contributed by atoms with Gasteiger partial charge in [0.2, 0.25) is 0 Å². The van der Waals surface area contributed by atoms with E-state index >= 15 is 0 Å². The Hall–Kier alpha value is -3.16. The molecule has 36 N–H and O–H groups in total. The zero-order chi connectivity index (χ0) is 68.8. The highest BCUT2D eigenvalue weighted by Crippen LogP contribution is 2.38. The molecule has 2 aromatic heterocycles. The highest BCUT2D eigenvalue weighted by atomic mass is 16.8. The topological polar surface area (TPSA) is 727 Å². The number of nitrogens with zero attached hydrogens (tertiary/aromatic N) is 6. The molecule has 8 fully saturated rings. The number of aromatic nitrogens is 6. The highest BCUT2D eigenvalue weighted by Gasteiger charge is 2.58. The Balaban J connectivity index is 0.0000108. The SMILES string of the molecule is C.NCC1O[C@H](OC2C(N)C[C@@H](N)C(O)[C@H]2O[C@@H]2O[C@H](Cn3cc(CCCc4cn(C[C@H]5O[C@@H](O[C@H]6C(O[C@H]7OC(CN)C(O)[C@H](O)C7N)C(N)C[C@@H](N)C6O)[C@@H](O)C5O[C@H]5O[C@@H](CN)C(O)C(O)C5N)nn4)nn3)C(O[C@H]3O[C@@H](CN)C(O)C(O)C3N)[C@@H]2O)C(N)[C@@H](O)C1O. The van der Waals surface area contributed by atoms with Crippen molar-refractivity contribution in [1.29, 1.82) is 0 Å². The predicted molar refractivity (Wildman–Crippen MR) is 321 cm³/mol. The maximum absolute atomic E-state index is 12.0. The van der Waals surface area contributed by atoms with Crippen molar-refractivity contribution in [2.24, 2.45) is 68.8 Å². The summed E-state index contributed by atoms with van der Waals surface area (Å²) in [6.45, 7) is -1.28. The number of rotatable bonds is 24. The summed E-state index contributed by atoms with van der Waals surface area (Å²) in [6, 6.07) is -9.20. The number of aliphatic hydroxyl groups is 12. The van der Waals surface area contributed by atoms with Crippen LogP contribution in [0, 0.1) is 0 Å². The van der Waals surface area contributed by atoms with Gasteiger partial charge in [0.1, 0.15) is 134 Å². The molecule has 2 aliphatic carbocycles. The number of aryl methyl sites for hydroxylation is 2. The van der Waals surface area contributed by atoms with E-state index in [2.05, 4.69) is 20.6 Å². The van der Waals surface area contributed by atoms with E-state index in [9.17, 15) is 61.3 Å². The molecule has 6 aliphatic heterocycles. The van der Waals surface area contributed by atoms with E-state index in [1.54, 1.807) is 12.4 Å². The van der Waals surface area contributed by atoms with E-state index in [1.807, 2.05) is 0 Å². The van der Waals surface area contributed by atoms with Crippen molar-refractivity contribution in [3.05, 3.63) is 23.8 Å². The molecule has 42 heteroatoms. The zero-order valence-corrected chi connectivity index (χ0v) is 51.7. The molecular formula is C54H102N18O24. The van der Waals surface area contributed by atoms with E-state index in [-0.39, 0.29) is 59.5 Å². The maximum atomic E-state index is 12.0. The van der Waals surface area contributed by atoms with E-state index < -0.39 is 233 Å². The van der Waals surface area contributed by atoms with Crippen molar-refractivity contribution in [1.82, 2.24) is 30.0 Å². The standard InChI is InChI=1S/C53H98N18O24.CH4/c54-6-20-32(74)36(78)26(62)48(84-20)90-42-18(60)4-16(58)30(72)46(42)94-52-40(82)44(92-50-28(64)38(80)34(76)22(8-56)86-50)24(88-52)12-70-10-14(66-68-70)2-1-3-15-11-71(69-67-15)13-25-45(93-51-29(65)39(81)35(77)23(9-57)87-51)41(83)53(89-25)95-47-31(73)17(59)5-19(61)43(47)91-49-27(63)37(79)33(75)21(7-55)85-49;/h10-11,16-53,72-83H,1-9,12-13,54-65H2;1H4/t16-,17-,18?,19?,20?,21?,22+,23+,24-,25-,26?,27?,28?,29?,30?,31?,32?,33?,34?,35?,36-,37-,38?,39?,40+,41+,42?,43?,44?,45?,46-,47-,48-,49-,50-,51-,52+,53+;/m1./s1. The lowest BCUT2D eigenvalue weighted by Gasteiger charge is -2.47. The lowest BCUT2D eigenvalue weighted by atomic mass is 9.84. The van der Waals surface area contributed by atoms with Crippen LogP contribution in [0.2, 0.25) is 0 Å². The summed E-state index contributed by atoms with van der Waals surface area (Å²) >= 11 is 0. The van der Waals surface area contributed by atoms with Crippen molar-refractivity contribution < 1.29 is 118 Å².